The van der Waals surface area contributed by atoms with Crippen molar-refractivity contribution in [2.45, 2.75) is 26.2 Å². The van der Waals surface area contributed by atoms with Crippen LogP contribution in [0.4, 0.5) is 0 Å². The summed E-state index contributed by atoms with van der Waals surface area (Å²) in [7, 11) is 5.43. The second-order valence-corrected chi connectivity index (χ2v) is 3.71. The molecule has 0 aliphatic rings. The molecule has 0 amide bonds. The van der Waals surface area contributed by atoms with Gasteiger partial charge in [0.1, 0.15) is 0 Å². The van der Waals surface area contributed by atoms with Crippen molar-refractivity contribution in [3.8, 4) is 0 Å². The number of aromatic nitrogens is 1. The van der Waals surface area contributed by atoms with E-state index < -0.39 is 0 Å². The number of unbranched alkanes of at least 4 members (excludes halogenated alkanes) is 2. The average molecular weight is 180 g/mol. The summed E-state index contributed by atoms with van der Waals surface area (Å²) in [5.74, 6) is 0. The Bertz CT molecular complexity index is 392. The molecule has 0 unspecified atom stereocenters. The molecule has 0 fully saturated rings. The molecule has 1 aromatic heterocycles. The molecule has 1 aromatic rings. The summed E-state index contributed by atoms with van der Waals surface area (Å²) < 4.78 is 1.23. The molecule has 0 bridgehead atoms. The van der Waals surface area contributed by atoms with E-state index in [0.717, 1.165) is 23.8 Å². The van der Waals surface area contributed by atoms with Crippen molar-refractivity contribution in [2.24, 2.45) is 0 Å². The molecule has 1 N–H and O–H groups in total. The Labute approximate surface area is 76.0 Å². The van der Waals surface area contributed by atoms with Crippen molar-refractivity contribution < 1.29 is 0 Å². The first-order valence-electron chi connectivity index (χ1n) is 4.06. The van der Waals surface area contributed by atoms with Crippen LogP contribution in [-0.2, 0) is 0 Å². The topological polar surface area (TPSA) is 32.9 Å². The van der Waals surface area contributed by atoms with E-state index in [9.17, 15) is 4.79 Å². The molecule has 1 radical (unpaired) electrons. The normalized spacial score (nSPS) is 12.2. The third-order valence-electron chi connectivity index (χ3n) is 1.57. The van der Waals surface area contributed by atoms with Gasteiger partial charge >= 0.3 is 75.5 Å². The third-order valence-corrected chi connectivity index (χ3v) is 2.46. The number of nitrogens with one attached hydrogen (secondary N) is 1. The van der Waals surface area contributed by atoms with Gasteiger partial charge in [-0.2, -0.15) is 0 Å². The second-order valence-electron chi connectivity index (χ2n) is 2.63. The molecular weight excluding hydrogens is 169 g/mol. The fourth-order valence-electron chi connectivity index (χ4n) is 0.935. The van der Waals surface area contributed by atoms with Gasteiger partial charge < -0.3 is 0 Å². The summed E-state index contributed by atoms with van der Waals surface area (Å²) >= 11 is 1.32. The predicted octanol–water partition coefficient (Wildman–Crippen LogP) is 0.826. The van der Waals surface area contributed by atoms with Gasteiger partial charge in [-0.05, 0) is 0 Å². The predicted molar refractivity (Wildman–Crippen MR) is 53.1 cm³/mol. The van der Waals surface area contributed by atoms with Crippen LogP contribution in [0.5, 0.6) is 0 Å². The molecule has 4 heteroatoms. The molecule has 0 atom stereocenters. The Balaban J connectivity index is 2.87. The third kappa shape index (κ3) is 2.45. The van der Waals surface area contributed by atoms with Crippen LogP contribution in [-0.4, -0.2) is 12.5 Å². The zero-order valence-corrected chi connectivity index (χ0v) is 7.91. The number of hydrogen-bond donors (Lipinski definition) is 1. The molecule has 63 valence electrons. The Morgan fingerprint density at radius 1 is 1.67 bits per heavy atom. The van der Waals surface area contributed by atoms with Crippen molar-refractivity contribution in [1.29, 1.82) is 0 Å². The van der Waals surface area contributed by atoms with Gasteiger partial charge in [-0.25, -0.2) is 0 Å². The molecular formula is C8H11BNOS. The number of H-pyrrole nitrogens is 1. The summed E-state index contributed by atoms with van der Waals surface area (Å²) in [6.45, 7) is 2.13. The number of rotatable bonds is 3. The van der Waals surface area contributed by atoms with Gasteiger partial charge in [-0.15, -0.1) is 0 Å². The van der Waals surface area contributed by atoms with Crippen LogP contribution >= 0.6 is 11.3 Å². The molecule has 0 spiro atoms. The van der Waals surface area contributed by atoms with Gasteiger partial charge in [0.25, 0.3) is 0 Å². The second kappa shape index (κ2) is 4.41. The fraction of sp³-hybridized carbons (Fsp3) is 0.500. The van der Waals surface area contributed by atoms with E-state index in [1.807, 2.05) is 6.08 Å². The van der Waals surface area contributed by atoms with Gasteiger partial charge in [-0.1, -0.05) is 0 Å². The number of hydrogen-bond acceptors (Lipinski definition) is 2. The van der Waals surface area contributed by atoms with Crippen LogP contribution in [0.15, 0.2) is 4.79 Å². The SMILES string of the molecule is [B]=c1[nH]c(=O)/c(=C/CCCC)s1. The van der Waals surface area contributed by atoms with E-state index in [-0.39, 0.29) is 5.56 Å². The van der Waals surface area contributed by atoms with Crippen molar-refractivity contribution in [1.82, 2.24) is 4.98 Å². The standard InChI is InChI=1S/C8H11BNOS/c1-2-3-4-5-6-7(11)10-8(9)12-6/h5H,2-4H2,1H3,(H,10,11)/b6-5-. The van der Waals surface area contributed by atoms with Crippen LogP contribution in [0.3, 0.4) is 0 Å². The molecule has 0 aliphatic heterocycles. The maximum absolute atomic E-state index is 11.1. The maximum atomic E-state index is 11.1. The quantitative estimate of drug-likeness (QED) is 0.542. The minimum absolute atomic E-state index is 0.0615. The van der Waals surface area contributed by atoms with Gasteiger partial charge in [0.15, 0.2) is 0 Å². The monoisotopic (exact) mass is 180 g/mol. The van der Waals surface area contributed by atoms with Gasteiger partial charge in [0.2, 0.25) is 0 Å². The number of thiazole rings is 1. The van der Waals surface area contributed by atoms with E-state index >= 15 is 0 Å². The molecule has 0 aromatic carbocycles. The zero-order chi connectivity index (χ0) is 8.97. The summed E-state index contributed by atoms with van der Waals surface area (Å²) in [5, 5.41) is 0. The summed E-state index contributed by atoms with van der Waals surface area (Å²) in [6, 6.07) is 0. The summed E-state index contributed by atoms with van der Waals surface area (Å²) in [5.41, 5.74) is -0.0615. The van der Waals surface area contributed by atoms with Gasteiger partial charge in [0, 0.05) is 0 Å². The molecule has 1 rings (SSSR count). The molecule has 12 heavy (non-hydrogen) atoms. The molecule has 1 heterocycles. The van der Waals surface area contributed by atoms with E-state index in [2.05, 4.69) is 11.9 Å². The first kappa shape index (κ1) is 9.45. The molecule has 0 saturated carbocycles. The summed E-state index contributed by atoms with van der Waals surface area (Å²) in [4.78, 5) is 13.6. The van der Waals surface area contributed by atoms with E-state index in [1.165, 1.54) is 11.3 Å². The fourth-order valence-corrected chi connectivity index (χ4v) is 1.66. The molecule has 2 nitrogen and oxygen atoms in total. The van der Waals surface area contributed by atoms with Crippen molar-refractivity contribution in [2.75, 3.05) is 0 Å². The van der Waals surface area contributed by atoms with Crippen LogP contribution in [0.1, 0.15) is 26.2 Å². The zero-order valence-electron chi connectivity index (χ0n) is 7.09. The Hall–Kier alpha value is -0.635. The number of aromatic amines is 1. The summed E-state index contributed by atoms with van der Waals surface area (Å²) in [6.07, 6.45) is 5.18. The van der Waals surface area contributed by atoms with Gasteiger partial charge in [0.05, 0.1) is 0 Å². The Morgan fingerprint density at radius 2 is 2.42 bits per heavy atom. The van der Waals surface area contributed by atoms with Crippen LogP contribution in [0.25, 0.3) is 6.08 Å². The first-order valence-corrected chi connectivity index (χ1v) is 4.87. The Kier molecular flexibility index (Phi) is 3.47. The molecule has 0 saturated heterocycles. The van der Waals surface area contributed by atoms with E-state index in [4.69, 9.17) is 7.49 Å². The van der Waals surface area contributed by atoms with Crippen LogP contribution in [0.2, 0.25) is 0 Å². The first-order chi connectivity index (χ1) is 5.74. The Morgan fingerprint density at radius 3 is 2.92 bits per heavy atom. The van der Waals surface area contributed by atoms with Crippen molar-refractivity contribution in [3.63, 3.8) is 0 Å². The van der Waals surface area contributed by atoms with E-state index in [0.29, 0.717) is 4.55 Å². The van der Waals surface area contributed by atoms with Crippen molar-refractivity contribution in [3.05, 3.63) is 19.4 Å². The van der Waals surface area contributed by atoms with Crippen LogP contribution < -0.4 is 10.1 Å². The average Bonchev–Trinajstić information content (AvgIpc) is 2.31. The van der Waals surface area contributed by atoms with Gasteiger partial charge in [-0.3, -0.25) is 0 Å². The molecule has 0 aliphatic carbocycles. The van der Waals surface area contributed by atoms with Crippen LogP contribution in [0, 0.1) is 4.55 Å². The minimum atomic E-state index is -0.0615. The van der Waals surface area contributed by atoms with E-state index in [1.54, 1.807) is 0 Å². The van der Waals surface area contributed by atoms with Crippen molar-refractivity contribution >= 4 is 24.9 Å².